The first-order valence-corrected chi connectivity index (χ1v) is 6.99. The van der Waals surface area contributed by atoms with Crippen molar-refractivity contribution in [1.82, 2.24) is 4.57 Å². The van der Waals surface area contributed by atoms with Crippen molar-refractivity contribution in [3.8, 4) is 0 Å². The van der Waals surface area contributed by atoms with E-state index in [1.807, 2.05) is 23.2 Å². The molecule has 0 aromatic carbocycles. The van der Waals surface area contributed by atoms with E-state index in [-0.39, 0.29) is 17.9 Å². The van der Waals surface area contributed by atoms with Crippen molar-refractivity contribution in [2.45, 2.75) is 25.3 Å². The maximum Gasteiger partial charge on any atom is 0.253 e. The van der Waals surface area contributed by atoms with E-state index in [4.69, 9.17) is 5.73 Å². The Hall–Kier alpha value is -0.940. The SMILES string of the molecule is Cn1ccsc1=NC(=O)C1C2CCC(C2)C1N. The summed E-state index contributed by atoms with van der Waals surface area (Å²) in [6.07, 6.45) is 5.39. The van der Waals surface area contributed by atoms with Crippen LogP contribution < -0.4 is 10.5 Å². The second-order valence-corrected chi connectivity index (χ2v) is 6.06. The molecule has 2 fully saturated rings. The van der Waals surface area contributed by atoms with Gasteiger partial charge in [0.1, 0.15) is 0 Å². The average Bonchev–Trinajstić information content (AvgIpc) is 2.95. The van der Waals surface area contributed by atoms with Crippen LogP contribution in [0.1, 0.15) is 19.3 Å². The van der Waals surface area contributed by atoms with Gasteiger partial charge in [0.15, 0.2) is 4.80 Å². The Morgan fingerprint density at radius 1 is 1.53 bits per heavy atom. The number of hydrogen-bond donors (Lipinski definition) is 1. The van der Waals surface area contributed by atoms with Crippen molar-refractivity contribution >= 4 is 17.2 Å². The van der Waals surface area contributed by atoms with Crippen LogP contribution in [0.2, 0.25) is 0 Å². The number of rotatable bonds is 1. The Balaban J connectivity index is 1.87. The van der Waals surface area contributed by atoms with Crippen molar-refractivity contribution in [1.29, 1.82) is 0 Å². The molecule has 2 aliphatic rings. The van der Waals surface area contributed by atoms with Gasteiger partial charge >= 0.3 is 0 Å². The molecule has 1 heterocycles. The zero-order valence-corrected chi connectivity index (χ0v) is 10.7. The molecule has 2 saturated carbocycles. The van der Waals surface area contributed by atoms with Crippen molar-refractivity contribution < 1.29 is 4.79 Å². The van der Waals surface area contributed by atoms with Crippen LogP contribution in [-0.2, 0) is 11.8 Å². The molecule has 1 aromatic rings. The fraction of sp³-hybridized carbons (Fsp3) is 0.667. The highest BCUT2D eigenvalue weighted by molar-refractivity contribution is 7.07. The lowest BCUT2D eigenvalue weighted by atomic mass is 9.84. The van der Waals surface area contributed by atoms with E-state index in [9.17, 15) is 4.79 Å². The Morgan fingerprint density at radius 3 is 2.88 bits per heavy atom. The molecule has 2 bridgehead atoms. The maximum atomic E-state index is 12.2. The van der Waals surface area contributed by atoms with Gasteiger partial charge in [0, 0.05) is 24.7 Å². The van der Waals surface area contributed by atoms with E-state index in [0.717, 1.165) is 17.6 Å². The number of hydrogen-bond acceptors (Lipinski definition) is 3. The van der Waals surface area contributed by atoms with Gasteiger partial charge in [-0.15, -0.1) is 11.3 Å². The Bertz CT molecular complexity index is 502. The lowest BCUT2D eigenvalue weighted by Crippen LogP contribution is -2.40. The first kappa shape index (κ1) is 11.2. The second kappa shape index (κ2) is 4.07. The fourth-order valence-corrected chi connectivity index (χ4v) is 4.04. The zero-order chi connectivity index (χ0) is 12.0. The highest BCUT2D eigenvalue weighted by Crippen LogP contribution is 2.47. The smallest absolute Gasteiger partial charge is 0.253 e. The van der Waals surface area contributed by atoms with Crippen molar-refractivity contribution in [3.63, 3.8) is 0 Å². The molecule has 17 heavy (non-hydrogen) atoms. The Morgan fingerprint density at radius 2 is 2.29 bits per heavy atom. The highest BCUT2D eigenvalue weighted by atomic mass is 32.1. The van der Waals surface area contributed by atoms with Gasteiger partial charge in [-0.1, -0.05) is 0 Å². The number of aromatic nitrogens is 1. The van der Waals surface area contributed by atoms with Crippen LogP contribution in [0.5, 0.6) is 0 Å². The van der Waals surface area contributed by atoms with Crippen molar-refractivity contribution in [2.75, 3.05) is 0 Å². The maximum absolute atomic E-state index is 12.2. The van der Waals surface area contributed by atoms with E-state index >= 15 is 0 Å². The predicted octanol–water partition coefficient (Wildman–Crippen LogP) is 0.887. The highest BCUT2D eigenvalue weighted by Gasteiger charge is 2.49. The average molecular weight is 251 g/mol. The summed E-state index contributed by atoms with van der Waals surface area (Å²) in [4.78, 5) is 17.2. The molecular formula is C12H17N3OS. The summed E-state index contributed by atoms with van der Waals surface area (Å²) in [5.74, 6) is 0.997. The molecule has 4 atom stereocenters. The first-order valence-electron chi connectivity index (χ1n) is 6.11. The number of carbonyl (C=O) groups is 1. The normalized spacial score (nSPS) is 36.7. The van der Waals surface area contributed by atoms with Crippen LogP contribution in [0.15, 0.2) is 16.6 Å². The van der Waals surface area contributed by atoms with Gasteiger partial charge in [-0.2, -0.15) is 4.99 Å². The van der Waals surface area contributed by atoms with Crippen LogP contribution in [0.25, 0.3) is 0 Å². The fourth-order valence-electron chi connectivity index (χ4n) is 3.31. The van der Waals surface area contributed by atoms with Crippen LogP contribution >= 0.6 is 11.3 Å². The van der Waals surface area contributed by atoms with Gasteiger partial charge < -0.3 is 10.3 Å². The Labute approximate surface area is 104 Å². The monoisotopic (exact) mass is 251 g/mol. The first-order chi connectivity index (χ1) is 8.16. The topological polar surface area (TPSA) is 60.4 Å². The minimum atomic E-state index is -0.0316. The van der Waals surface area contributed by atoms with E-state index in [0.29, 0.717) is 11.8 Å². The minimum Gasteiger partial charge on any atom is -0.327 e. The van der Waals surface area contributed by atoms with Crippen molar-refractivity contribution in [2.24, 2.45) is 35.5 Å². The number of fused-ring (bicyclic) bond motifs is 2. The molecule has 0 spiro atoms. The number of carbonyl (C=O) groups excluding carboxylic acids is 1. The van der Waals surface area contributed by atoms with Gasteiger partial charge in [0.2, 0.25) is 0 Å². The molecule has 3 rings (SSSR count). The summed E-state index contributed by atoms with van der Waals surface area (Å²) in [5, 5.41) is 1.94. The number of aryl methyl sites for hydroxylation is 1. The molecule has 0 radical (unpaired) electrons. The van der Waals surface area contributed by atoms with Crippen molar-refractivity contribution in [3.05, 3.63) is 16.4 Å². The van der Waals surface area contributed by atoms with Crippen LogP contribution in [0, 0.1) is 17.8 Å². The quantitative estimate of drug-likeness (QED) is 0.805. The number of nitrogens with two attached hydrogens (primary N) is 1. The van der Waals surface area contributed by atoms with Gasteiger partial charge in [-0.3, -0.25) is 4.79 Å². The second-order valence-electron chi connectivity index (χ2n) is 5.18. The molecule has 2 aliphatic carbocycles. The summed E-state index contributed by atoms with van der Waals surface area (Å²) in [6, 6.07) is 0.0373. The van der Waals surface area contributed by atoms with Gasteiger partial charge in [-0.05, 0) is 31.1 Å². The van der Waals surface area contributed by atoms with Gasteiger partial charge in [0.25, 0.3) is 5.91 Å². The van der Waals surface area contributed by atoms with Gasteiger partial charge in [0.05, 0.1) is 5.92 Å². The lowest BCUT2D eigenvalue weighted by Gasteiger charge is -2.24. The standard InChI is InChI=1S/C12H17N3OS/c1-15-4-5-17-12(15)14-11(16)9-7-2-3-8(6-7)10(9)13/h4-5,7-10H,2-3,6,13H2,1H3. The minimum absolute atomic E-state index is 0.0113. The van der Waals surface area contributed by atoms with E-state index in [1.54, 1.807) is 0 Å². The molecule has 4 nitrogen and oxygen atoms in total. The van der Waals surface area contributed by atoms with Crippen LogP contribution in [0.4, 0.5) is 0 Å². The third-order valence-corrected chi connectivity index (χ3v) is 5.08. The number of thiazole rings is 1. The molecule has 4 unspecified atom stereocenters. The Kier molecular flexibility index (Phi) is 2.67. The molecule has 0 saturated heterocycles. The number of amides is 1. The molecule has 92 valence electrons. The van der Waals surface area contributed by atoms with E-state index in [1.165, 1.54) is 17.8 Å². The molecule has 5 heteroatoms. The van der Waals surface area contributed by atoms with Crippen LogP contribution in [-0.4, -0.2) is 16.5 Å². The summed E-state index contributed by atoms with van der Waals surface area (Å²) < 4.78 is 1.88. The van der Waals surface area contributed by atoms with E-state index in [2.05, 4.69) is 4.99 Å². The zero-order valence-electron chi connectivity index (χ0n) is 9.87. The van der Waals surface area contributed by atoms with E-state index < -0.39 is 0 Å². The summed E-state index contributed by atoms with van der Waals surface area (Å²) >= 11 is 1.49. The lowest BCUT2D eigenvalue weighted by molar-refractivity contribution is -0.123. The largest absolute Gasteiger partial charge is 0.327 e. The molecule has 1 amide bonds. The molecule has 0 aliphatic heterocycles. The molecule has 1 aromatic heterocycles. The molecular weight excluding hydrogens is 234 g/mol. The summed E-state index contributed by atoms with van der Waals surface area (Å²) in [5.41, 5.74) is 6.15. The third kappa shape index (κ3) is 1.77. The van der Waals surface area contributed by atoms with Gasteiger partial charge in [-0.25, -0.2) is 0 Å². The number of nitrogens with zero attached hydrogens (tertiary/aromatic N) is 2. The summed E-state index contributed by atoms with van der Waals surface area (Å²) in [7, 11) is 1.91. The summed E-state index contributed by atoms with van der Waals surface area (Å²) in [6.45, 7) is 0. The third-order valence-electron chi connectivity index (χ3n) is 4.23. The molecule has 2 N–H and O–H groups in total. The predicted molar refractivity (Wildman–Crippen MR) is 66.2 cm³/mol. The van der Waals surface area contributed by atoms with Crippen LogP contribution in [0.3, 0.4) is 0 Å².